The number of carbonyl (C=O) groups is 1. The SMILES string of the molecule is COc1cccc(OCC(=O)N2CC(Oc3ncccc3Cl)C2)c1. The van der Waals surface area contributed by atoms with Gasteiger partial charge in [-0.2, -0.15) is 0 Å². The Balaban J connectivity index is 1.44. The Morgan fingerprint density at radius 3 is 2.83 bits per heavy atom. The Morgan fingerprint density at radius 1 is 1.29 bits per heavy atom. The lowest BCUT2D eigenvalue weighted by Gasteiger charge is -2.38. The molecule has 6 nitrogen and oxygen atoms in total. The number of nitrogens with zero attached hydrogens (tertiary/aromatic N) is 2. The molecule has 2 aromatic rings. The molecule has 1 amide bonds. The maximum absolute atomic E-state index is 12.1. The summed E-state index contributed by atoms with van der Waals surface area (Å²) in [7, 11) is 1.58. The molecule has 7 heteroatoms. The van der Waals surface area contributed by atoms with E-state index in [0.29, 0.717) is 35.5 Å². The second-order valence-corrected chi connectivity index (χ2v) is 5.70. The molecule has 0 bridgehead atoms. The fourth-order valence-corrected chi connectivity index (χ4v) is 2.43. The zero-order valence-corrected chi connectivity index (χ0v) is 13.9. The smallest absolute Gasteiger partial charge is 0.260 e. The van der Waals surface area contributed by atoms with Crippen LogP contribution in [0.1, 0.15) is 0 Å². The van der Waals surface area contributed by atoms with E-state index >= 15 is 0 Å². The summed E-state index contributed by atoms with van der Waals surface area (Å²) < 4.78 is 16.3. The van der Waals surface area contributed by atoms with Gasteiger partial charge in [0.2, 0.25) is 5.88 Å². The number of methoxy groups -OCH3 is 1. The molecule has 0 saturated carbocycles. The fraction of sp³-hybridized carbons (Fsp3) is 0.294. The van der Waals surface area contributed by atoms with Crippen molar-refractivity contribution >= 4 is 17.5 Å². The maximum atomic E-state index is 12.1. The van der Waals surface area contributed by atoms with E-state index in [2.05, 4.69) is 4.98 Å². The van der Waals surface area contributed by atoms with Crippen LogP contribution >= 0.6 is 11.6 Å². The molecule has 2 heterocycles. The molecule has 1 aliphatic heterocycles. The largest absolute Gasteiger partial charge is 0.497 e. The Morgan fingerprint density at radius 2 is 2.08 bits per heavy atom. The second-order valence-electron chi connectivity index (χ2n) is 5.30. The van der Waals surface area contributed by atoms with Crippen LogP contribution in [-0.2, 0) is 4.79 Å². The van der Waals surface area contributed by atoms with Crippen LogP contribution in [0.3, 0.4) is 0 Å². The molecule has 0 N–H and O–H groups in total. The minimum atomic E-state index is -0.0989. The molecule has 24 heavy (non-hydrogen) atoms. The highest BCUT2D eigenvalue weighted by atomic mass is 35.5. The van der Waals surface area contributed by atoms with Crippen molar-refractivity contribution < 1.29 is 19.0 Å². The third-order valence-electron chi connectivity index (χ3n) is 3.61. The summed E-state index contributed by atoms with van der Waals surface area (Å²) in [5, 5.41) is 0.462. The van der Waals surface area contributed by atoms with Gasteiger partial charge in [-0.1, -0.05) is 17.7 Å². The predicted octanol–water partition coefficient (Wildman–Crippen LogP) is 2.41. The van der Waals surface area contributed by atoms with Crippen molar-refractivity contribution in [3.8, 4) is 17.4 Å². The number of likely N-dealkylation sites (tertiary alicyclic amines) is 1. The lowest BCUT2D eigenvalue weighted by atomic mass is 10.1. The molecule has 1 aliphatic rings. The lowest BCUT2D eigenvalue weighted by molar-refractivity contribution is -0.142. The summed E-state index contributed by atoms with van der Waals surface area (Å²) in [6, 6.07) is 10.6. The number of hydrogen-bond donors (Lipinski definition) is 0. The average molecular weight is 349 g/mol. The minimum Gasteiger partial charge on any atom is -0.497 e. The molecule has 3 rings (SSSR count). The van der Waals surface area contributed by atoms with E-state index in [9.17, 15) is 4.79 Å². The summed E-state index contributed by atoms with van der Waals surface area (Å²) in [6.07, 6.45) is 1.52. The molecule has 1 aromatic carbocycles. The van der Waals surface area contributed by atoms with Crippen molar-refractivity contribution in [1.82, 2.24) is 9.88 Å². The summed E-state index contributed by atoms with van der Waals surface area (Å²) in [5.74, 6) is 1.58. The van der Waals surface area contributed by atoms with Gasteiger partial charge < -0.3 is 19.1 Å². The van der Waals surface area contributed by atoms with E-state index in [0.717, 1.165) is 0 Å². The quantitative estimate of drug-likeness (QED) is 0.802. The third kappa shape index (κ3) is 3.89. The number of benzene rings is 1. The van der Waals surface area contributed by atoms with Gasteiger partial charge in [-0.25, -0.2) is 4.98 Å². The van der Waals surface area contributed by atoms with Gasteiger partial charge in [0.1, 0.15) is 22.6 Å². The van der Waals surface area contributed by atoms with Gasteiger partial charge in [-0.05, 0) is 24.3 Å². The predicted molar refractivity (Wildman–Crippen MR) is 88.7 cm³/mol. The monoisotopic (exact) mass is 348 g/mol. The van der Waals surface area contributed by atoms with Gasteiger partial charge in [0, 0.05) is 12.3 Å². The van der Waals surface area contributed by atoms with Crippen LogP contribution in [0, 0.1) is 0 Å². The highest BCUT2D eigenvalue weighted by Gasteiger charge is 2.33. The summed E-state index contributed by atoms with van der Waals surface area (Å²) in [4.78, 5) is 17.8. The van der Waals surface area contributed by atoms with Gasteiger partial charge >= 0.3 is 0 Å². The third-order valence-corrected chi connectivity index (χ3v) is 3.89. The average Bonchev–Trinajstić information content (AvgIpc) is 2.57. The van der Waals surface area contributed by atoms with E-state index in [4.69, 9.17) is 25.8 Å². The van der Waals surface area contributed by atoms with E-state index in [1.807, 2.05) is 12.1 Å². The summed E-state index contributed by atoms with van der Waals surface area (Å²) in [6.45, 7) is 0.963. The lowest BCUT2D eigenvalue weighted by Crippen LogP contribution is -2.57. The van der Waals surface area contributed by atoms with Crippen molar-refractivity contribution in [2.75, 3.05) is 26.8 Å². The number of amides is 1. The number of aromatic nitrogens is 1. The number of pyridine rings is 1. The summed E-state index contributed by atoms with van der Waals surface area (Å²) in [5.41, 5.74) is 0. The van der Waals surface area contributed by atoms with Crippen LogP contribution in [0.15, 0.2) is 42.6 Å². The highest BCUT2D eigenvalue weighted by Crippen LogP contribution is 2.24. The van der Waals surface area contributed by atoms with Gasteiger partial charge in [-0.3, -0.25) is 4.79 Å². The first-order chi connectivity index (χ1) is 11.7. The van der Waals surface area contributed by atoms with Crippen LogP contribution in [0.4, 0.5) is 0 Å². The maximum Gasteiger partial charge on any atom is 0.260 e. The van der Waals surface area contributed by atoms with Crippen molar-refractivity contribution in [2.45, 2.75) is 6.10 Å². The van der Waals surface area contributed by atoms with Crippen molar-refractivity contribution in [3.63, 3.8) is 0 Å². The Labute approximate surface area is 144 Å². The van der Waals surface area contributed by atoms with Gasteiger partial charge in [0.25, 0.3) is 5.91 Å². The number of halogens is 1. The molecule has 126 valence electrons. The normalized spacial score (nSPS) is 14.0. The molecule has 0 unspecified atom stereocenters. The number of carbonyl (C=O) groups excluding carboxylic acids is 1. The van der Waals surface area contributed by atoms with Crippen LogP contribution in [0.2, 0.25) is 5.02 Å². The molecule has 1 saturated heterocycles. The fourth-order valence-electron chi connectivity index (χ4n) is 2.26. The molecule has 1 fully saturated rings. The zero-order chi connectivity index (χ0) is 16.9. The second kappa shape index (κ2) is 7.40. The van der Waals surface area contributed by atoms with Crippen LogP contribution < -0.4 is 14.2 Å². The van der Waals surface area contributed by atoms with E-state index in [1.165, 1.54) is 0 Å². The van der Waals surface area contributed by atoms with Crippen molar-refractivity contribution in [2.24, 2.45) is 0 Å². The molecule has 0 spiro atoms. The van der Waals surface area contributed by atoms with Crippen LogP contribution in [0.5, 0.6) is 17.4 Å². The van der Waals surface area contributed by atoms with E-state index < -0.39 is 0 Å². The topological polar surface area (TPSA) is 60.9 Å². The highest BCUT2D eigenvalue weighted by molar-refractivity contribution is 6.31. The standard InChI is InChI=1S/C17H17ClN2O4/c1-22-12-4-2-5-13(8-12)23-11-16(21)20-9-14(10-20)24-17-15(18)6-3-7-19-17/h2-8,14H,9-11H2,1H3. The first kappa shape index (κ1) is 16.4. The molecule has 1 aromatic heterocycles. The van der Waals surface area contributed by atoms with E-state index in [-0.39, 0.29) is 18.6 Å². The van der Waals surface area contributed by atoms with Crippen LogP contribution in [0.25, 0.3) is 0 Å². The number of rotatable bonds is 6. The molecule has 0 atom stereocenters. The van der Waals surface area contributed by atoms with Gasteiger partial charge in [0.15, 0.2) is 6.61 Å². The number of ether oxygens (including phenoxy) is 3. The van der Waals surface area contributed by atoms with Crippen molar-refractivity contribution in [1.29, 1.82) is 0 Å². The summed E-state index contributed by atoms with van der Waals surface area (Å²) >= 11 is 5.99. The van der Waals surface area contributed by atoms with Crippen LogP contribution in [-0.4, -0.2) is 48.7 Å². The van der Waals surface area contributed by atoms with Gasteiger partial charge in [0.05, 0.1) is 20.2 Å². The molecular weight excluding hydrogens is 332 g/mol. The Bertz CT molecular complexity index is 719. The first-order valence-corrected chi connectivity index (χ1v) is 7.85. The molecule has 0 aliphatic carbocycles. The number of hydrogen-bond acceptors (Lipinski definition) is 5. The van der Waals surface area contributed by atoms with Crippen molar-refractivity contribution in [3.05, 3.63) is 47.6 Å². The van der Waals surface area contributed by atoms with Gasteiger partial charge in [-0.15, -0.1) is 0 Å². The molecule has 0 radical (unpaired) electrons. The Kier molecular flexibility index (Phi) is 5.05. The first-order valence-electron chi connectivity index (χ1n) is 7.47. The molecular formula is C17H17ClN2O4. The minimum absolute atomic E-state index is 0.0236. The Hall–Kier alpha value is -2.47. The zero-order valence-electron chi connectivity index (χ0n) is 13.1. The van der Waals surface area contributed by atoms with E-state index in [1.54, 1.807) is 42.5 Å².